The maximum Gasteiger partial charge on any atom is 0.316 e. The molecule has 110 valence electrons. The third kappa shape index (κ3) is 2.94. The minimum Gasteiger partial charge on any atom is -0.460 e. The van der Waals surface area contributed by atoms with Gasteiger partial charge in [-0.3, -0.25) is 4.90 Å². The van der Waals surface area contributed by atoms with Gasteiger partial charge >= 0.3 is 6.01 Å². The molecule has 0 spiro atoms. The lowest BCUT2D eigenvalue weighted by molar-refractivity contribution is 0.0215. The molecule has 0 aliphatic carbocycles. The van der Waals surface area contributed by atoms with E-state index in [4.69, 9.17) is 9.47 Å². The minimum absolute atomic E-state index is 0.155. The van der Waals surface area contributed by atoms with Crippen molar-refractivity contribution in [2.75, 3.05) is 13.2 Å². The zero-order valence-corrected chi connectivity index (χ0v) is 12.6. The molecule has 20 heavy (non-hydrogen) atoms. The van der Waals surface area contributed by atoms with Crippen LogP contribution in [0.3, 0.4) is 0 Å². The molecule has 0 N–H and O–H groups in total. The number of rotatable bonds is 2. The molecule has 1 saturated heterocycles. The third-order valence-electron chi connectivity index (χ3n) is 4.02. The van der Waals surface area contributed by atoms with Gasteiger partial charge in [0.1, 0.15) is 6.10 Å². The van der Waals surface area contributed by atoms with E-state index >= 15 is 0 Å². The summed E-state index contributed by atoms with van der Waals surface area (Å²) in [6.07, 6.45) is 3.97. The molecule has 0 bridgehead atoms. The second-order valence-electron chi connectivity index (χ2n) is 6.58. The zero-order chi connectivity index (χ0) is 14.2. The third-order valence-corrected chi connectivity index (χ3v) is 4.02. The van der Waals surface area contributed by atoms with Crippen LogP contribution in [0, 0.1) is 0 Å². The average Bonchev–Trinajstić information content (AvgIpc) is 2.83. The van der Waals surface area contributed by atoms with Crippen molar-refractivity contribution in [2.45, 2.75) is 58.3 Å². The summed E-state index contributed by atoms with van der Waals surface area (Å²) in [6, 6.07) is 0.520. The Labute approximate surface area is 120 Å². The summed E-state index contributed by atoms with van der Waals surface area (Å²) in [5, 5.41) is 0. The van der Waals surface area contributed by atoms with E-state index in [0.717, 1.165) is 44.8 Å². The zero-order valence-electron chi connectivity index (χ0n) is 12.6. The SMILES string of the molecule is CC(C)(C)N1Cc2cnc(OC3CCOCC3)nc2C1. The van der Waals surface area contributed by atoms with Crippen LogP contribution < -0.4 is 4.74 Å². The highest BCUT2D eigenvalue weighted by Crippen LogP contribution is 2.28. The van der Waals surface area contributed by atoms with Crippen molar-refractivity contribution >= 4 is 0 Å². The summed E-state index contributed by atoms with van der Waals surface area (Å²) in [7, 11) is 0. The highest BCUT2D eigenvalue weighted by molar-refractivity contribution is 5.24. The fourth-order valence-electron chi connectivity index (χ4n) is 2.61. The van der Waals surface area contributed by atoms with Gasteiger partial charge in [-0.05, 0) is 20.8 Å². The van der Waals surface area contributed by atoms with Crippen molar-refractivity contribution in [1.82, 2.24) is 14.9 Å². The summed E-state index contributed by atoms with van der Waals surface area (Å²) < 4.78 is 11.2. The standard InChI is InChI=1S/C15H23N3O2/c1-15(2,3)18-9-11-8-16-14(17-13(11)10-18)20-12-4-6-19-7-5-12/h8,12H,4-7,9-10H2,1-3H3. The second-order valence-corrected chi connectivity index (χ2v) is 6.58. The number of nitrogens with zero attached hydrogens (tertiary/aromatic N) is 3. The highest BCUT2D eigenvalue weighted by Gasteiger charge is 2.29. The Morgan fingerprint density at radius 1 is 1.25 bits per heavy atom. The Balaban J connectivity index is 1.69. The van der Waals surface area contributed by atoms with Crippen molar-refractivity contribution < 1.29 is 9.47 Å². The molecule has 0 atom stereocenters. The van der Waals surface area contributed by atoms with E-state index in [1.54, 1.807) is 0 Å². The van der Waals surface area contributed by atoms with Gasteiger partial charge in [0.15, 0.2) is 0 Å². The molecule has 3 rings (SSSR count). The molecule has 5 heteroatoms. The summed E-state index contributed by atoms with van der Waals surface area (Å²) in [4.78, 5) is 11.4. The second kappa shape index (κ2) is 5.30. The van der Waals surface area contributed by atoms with Crippen LogP contribution in [0.4, 0.5) is 0 Å². The normalized spacial score (nSPS) is 20.9. The predicted molar refractivity (Wildman–Crippen MR) is 75.5 cm³/mol. The molecule has 0 aromatic carbocycles. The predicted octanol–water partition coefficient (Wildman–Crippen LogP) is 2.15. The first-order valence-corrected chi connectivity index (χ1v) is 7.36. The largest absolute Gasteiger partial charge is 0.460 e. The van der Waals surface area contributed by atoms with Gasteiger partial charge in [-0.1, -0.05) is 0 Å². The lowest BCUT2D eigenvalue weighted by atomic mass is 10.1. The maximum absolute atomic E-state index is 5.88. The summed E-state index contributed by atoms with van der Waals surface area (Å²) in [5.41, 5.74) is 2.49. The first-order valence-electron chi connectivity index (χ1n) is 7.36. The molecule has 1 aromatic heterocycles. The molecule has 0 amide bonds. The number of ether oxygens (including phenoxy) is 2. The average molecular weight is 277 g/mol. The highest BCUT2D eigenvalue weighted by atomic mass is 16.5. The van der Waals surface area contributed by atoms with Gasteiger partial charge in [0.2, 0.25) is 0 Å². The van der Waals surface area contributed by atoms with Crippen molar-refractivity contribution in [3.8, 4) is 6.01 Å². The van der Waals surface area contributed by atoms with Crippen LogP contribution in [0.2, 0.25) is 0 Å². The van der Waals surface area contributed by atoms with Crippen LogP contribution >= 0.6 is 0 Å². The maximum atomic E-state index is 5.88. The van der Waals surface area contributed by atoms with E-state index in [-0.39, 0.29) is 11.6 Å². The molecule has 0 radical (unpaired) electrons. The number of aromatic nitrogens is 2. The van der Waals surface area contributed by atoms with Crippen LogP contribution in [0.5, 0.6) is 6.01 Å². The first-order chi connectivity index (χ1) is 9.52. The van der Waals surface area contributed by atoms with Gasteiger partial charge in [0.25, 0.3) is 0 Å². The van der Waals surface area contributed by atoms with Gasteiger partial charge in [-0.2, -0.15) is 4.98 Å². The minimum atomic E-state index is 0.155. The molecule has 2 aliphatic heterocycles. The molecule has 3 heterocycles. The lowest BCUT2D eigenvalue weighted by Gasteiger charge is -2.30. The molecule has 2 aliphatic rings. The van der Waals surface area contributed by atoms with Gasteiger partial charge in [0.05, 0.1) is 18.9 Å². The number of hydrogen-bond donors (Lipinski definition) is 0. The summed E-state index contributed by atoms with van der Waals surface area (Å²) in [6.45, 7) is 10.0. The van der Waals surface area contributed by atoms with Gasteiger partial charge in [0, 0.05) is 43.2 Å². The molecule has 0 unspecified atom stereocenters. The fourth-order valence-corrected chi connectivity index (χ4v) is 2.61. The van der Waals surface area contributed by atoms with Crippen molar-refractivity contribution in [3.05, 3.63) is 17.5 Å². The van der Waals surface area contributed by atoms with Crippen LogP contribution in [-0.4, -0.2) is 39.7 Å². The van der Waals surface area contributed by atoms with Crippen molar-refractivity contribution in [2.24, 2.45) is 0 Å². The quantitative estimate of drug-likeness (QED) is 0.829. The van der Waals surface area contributed by atoms with Crippen LogP contribution in [0.25, 0.3) is 0 Å². The van der Waals surface area contributed by atoms with E-state index in [1.165, 1.54) is 5.56 Å². The van der Waals surface area contributed by atoms with E-state index < -0.39 is 0 Å². The number of fused-ring (bicyclic) bond motifs is 1. The molecule has 0 saturated carbocycles. The van der Waals surface area contributed by atoms with Crippen molar-refractivity contribution in [1.29, 1.82) is 0 Å². The lowest BCUT2D eigenvalue weighted by Crippen LogP contribution is -2.36. The topological polar surface area (TPSA) is 47.5 Å². The van der Waals surface area contributed by atoms with Gasteiger partial charge < -0.3 is 9.47 Å². The van der Waals surface area contributed by atoms with E-state index in [0.29, 0.717) is 6.01 Å². The molecule has 5 nitrogen and oxygen atoms in total. The number of hydrogen-bond acceptors (Lipinski definition) is 5. The van der Waals surface area contributed by atoms with E-state index in [1.807, 2.05) is 6.20 Å². The van der Waals surface area contributed by atoms with Gasteiger partial charge in [-0.25, -0.2) is 4.98 Å². The van der Waals surface area contributed by atoms with Crippen molar-refractivity contribution in [3.63, 3.8) is 0 Å². The molecule has 1 aromatic rings. The molecular formula is C15H23N3O2. The Morgan fingerprint density at radius 3 is 2.70 bits per heavy atom. The Morgan fingerprint density at radius 2 is 2.00 bits per heavy atom. The summed E-state index contributed by atoms with van der Waals surface area (Å²) >= 11 is 0. The van der Waals surface area contributed by atoms with E-state index in [9.17, 15) is 0 Å². The van der Waals surface area contributed by atoms with Crippen LogP contribution in [0.1, 0.15) is 44.9 Å². The van der Waals surface area contributed by atoms with Crippen LogP contribution in [-0.2, 0) is 17.8 Å². The molecular weight excluding hydrogens is 254 g/mol. The Bertz CT molecular complexity index is 478. The monoisotopic (exact) mass is 277 g/mol. The van der Waals surface area contributed by atoms with E-state index in [2.05, 4.69) is 35.6 Å². The first kappa shape index (κ1) is 13.8. The Hall–Kier alpha value is -1.20. The smallest absolute Gasteiger partial charge is 0.316 e. The fraction of sp³-hybridized carbons (Fsp3) is 0.733. The van der Waals surface area contributed by atoms with Crippen LogP contribution in [0.15, 0.2) is 6.20 Å². The van der Waals surface area contributed by atoms with Gasteiger partial charge in [-0.15, -0.1) is 0 Å². The Kier molecular flexibility index (Phi) is 3.65. The summed E-state index contributed by atoms with van der Waals surface area (Å²) in [5.74, 6) is 0. The molecule has 1 fully saturated rings.